The molecule has 0 aromatic heterocycles. The molecule has 1 saturated heterocycles. The van der Waals surface area contributed by atoms with Crippen LogP contribution in [0.5, 0.6) is 0 Å². The third kappa shape index (κ3) is 20.1. The molecular formula is C34H58N12O14. The highest BCUT2D eigenvalue weighted by atomic mass is 16.4. The number of hydrogen-bond donors (Lipinski definition) is 15. The number of nitrogens with one attached hydrogen (secondary N) is 9. The van der Waals surface area contributed by atoms with E-state index < -0.39 is 141 Å². The molecule has 10 amide bonds. The van der Waals surface area contributed by atoms with Gasteiger partial charge in [0.2, 0.25) is 59.1 Å². The minimum absolute atomic E-state index is 0.0665. The number of amides is 10. The van der Waals surface area contributed by atoms with Gasteiger partial charge in [-0.1, -0.05) is 0 Å². The van der Waals surface area contributed by atoms with Gasteiger partial charge < -0.3 is 80.4 Å². The van der Waals surface area contributed by atoms with Crippen LogP contribution in [0, 0.1) is 0 Å². The Morgan fingerprint density at radius 1 is 0.617 bits per heavy atom. The number of aliphatic hydroxyl groups excluding tert-OH is 2. The summed E-state index contributed by atoms with van der Waals surface area (Å²) in [4.78, 5) is 136. The summed E-state index contributed by atoms with van der Waals surface area (Å²) in [6.45, 7) is -1.18. The van der Waals surface area contributed by atoms with Crippen LogP contribution in [0.2, 0.25) is 0 Å². The van der Waals surface area contributed by atoms with Gasteiger partial charge in [-0.25, -0.2) is 4.79 Å². The van der Waals surface area contributed by atoms with Crippen molar-refractivity contribution in [3.63, 3.8) is 0 Å². The summed E-state index contributed by atoms with van der Waals surface area (Å²) in [5, 5.41) is 49.9. The zero-order valence-corrected chi connectivity index (χ0v) is 33.2. The van der Waals surface area contributed by atoms with E-state index in [0.29, 0.717) is 25.8 Å². The molecule has 1 fully saturated rings. The van der Waals surface area contributed by atoms with Crippen molar-refractivity contribution in [3.8, 4) is 0 Å². The van der Waals surface area contributed by atoms with Crippen LogP contribution in [-0.2, 0) is 52.7 Å². The second-order valence-electron chi connectivity index (χ2n) is 13.7. The van der Waals surface area contributed by atoms with Gasteiger partial charge in [0.1, 0.15) is 36.3 Å². The zero-order valence-electron chi connectivity index (χ0n) is 33.2. The first-order chi connectivity index (χ1) is 28.3. The minimum Gasteiger partial charge on any atom is -0.480 e. The number of carbonyl (C=O) groups is 11. The lowest BCUT2D eigenvalue weighted by Gasteiger charge is -2.25. The number of hydrogen-bond acceptors (Lipinski definition) is 15. The lowest BCUT2D eigenvalue weighted by molar-refractivity contribution is -0.142. The Morgan fingerprint density at radius 3 is 1.65 bits per heavy atom. The molecule has 0 unspecified atom stereocenters. The summed E-state index contributed by atoms with van der Waals surface area (Å²) in [6, 6.07) is -9.19. The molecule has 1 heterocycles. The van der Waals surface area contributed by atoms with Gasteiger partial charge in [0.05, 0.1) is 32.3 Å². The average molecular weight is 859 g/mol. The Kier molecular flexibility index (Phi) is 24.0. The van der Waals surface area contributed by atoms with Crippen molar-refractivity contribution in [1.82, 2.24) is 47.9 Å². The third-order valence-electron chi connectivity index (χ3n) is 8.83. The largest absolute Gasteiger partial charge is 0.480 e. The third-order valence-corrected chi connectivity index (χ3v) is 8.83. The lowest BCUT2D eigenvalue weighted by atomic mass is 10.1. The molecule has 338 valence electrons. The summed E-state index contributed by atoms with van der Waals surface area (Å²) in [6.07, 6.45) is 0.743. The van der Waals surface area contributed by atoms with Crippen molar-refractivity contribution in [2.75, 3.05) is 39.4 Å². The number of aliphatic hydroxyl groups is 2. The number of unbranched alkanes of at least 4 members (excludes halogenated alkanes) is 1. The van der Waals surface area contributed by atoms with Crippen molar-refractivity contribution in [1.29, 1.82) is 0 Å². The minimum atomic E-state index is -1.68. The second kappa shape index (κ2) is 27.7. The van der Waals surface area contributed by atoms with Crippen LogP contribution in [0.4, 0.5) is 0 Å². The number of carboxylic acids is 1. The molecule has 0 saturated carbocycles. The Hall–Kier alpha value is -5.99. The zero-order chi connectivity index (χ0) is 45.4. The molecule has 1 aliphatic heterocycles. The van der Waals surface area contributed by atoms with Crippen molar-refractivity contribution in [2.45, 2.75) is 107 Å². The highest BCUT2D eigenvalue weighted by Gasteiger charge is 2.32. The number of nitrogens with two attached hydrogens (primary N) is 3. The highest BCUT2D eigenvalue weighted by Crippen LogP contribution is 2.07. The Labute approximate surface area is 344 Å². The van der Waals surface area contributed by atoms with Gasteiger partial charge in [-0.2, -0.15) is 0 Å². The normalized spacial score (nSPS) is 16.2. The summed E-state index contributed by atoms with van der Waals surface area (Å²) in [7, 11) is 0. The predicted octanol–water partition coefficient (Wildman–Crippen LogP) is -8.37. The number of carboxylic acid groups (broad SMARTS) is 1. The Morgan fingerprint density at radius 2 is 1.12 bits per heavy atom. The van der Waals surface area contributed by atoms with Crippen LogP contribution >= 0.6 is 0 Å². The van der Waals surface area contributed by atoms with Crippen LogP contribution in [0.3, 0.4) is 0 Å². The van der Waals surface area contributed by atoms with Crippen molar-refractivity contribution in [3.05, 3.63) is 0 Å². The molecule has 0 aromatic rings. The molecule has 26 nitrogen and oxygen atoms in total. The van der Waals surface area contributed by atoms with Crippen LogP contribution in [0.15, 0.2) is 0 Å². The van der Waals surface area contributed by atoms with E-state index in [4.69, 9.17) is 17.2 Å². The van der Waals surface area contributed by atoms with Gasteiger partial charge in [0, 0.05) is 12.8 Å². The average Bonchev–Trinajstić information content (AvgIpc) is 3.75. The van der Waals surface area contributed by atoms with Gasteiger partial charge in [0.25, 0.3) is 0 Å². The van der Waals surface area contributed by atoms with Gasteiger partial charge in [-0.05, 0) is 65.0 Å². The molecule has 0 spiro atoms. The molecular weight excluding hydrogens is 800 g/mol. The topological polar surface area (TPSA) is 435 Å². The molecule has 0 aromatic carbocycles. The van der Waals surface area contributed by atoms with Gasteiger partial charge in [-0.3, -0.25) is 47.9 Å². The standard InChI is InChI=1S/C34H58N12O14/c1-17(41-30(55)18-6-4-12-38-18)28(53)43-19(5-2-3-11-35)31(56)46-23(16-48)33(58)44-20(7-9-24(36)49)29(54)40-13-26(51)39-14-27(52)42-22(15-47)32(57)45-21(34(59)60)8-10-25(37)50/h17-23,38,47-48H,2-16,35H2,1H3,(H2,36,49)(H2,37,50)(H,39,51)(H,40,54)(H,41,55)(H,42,52)(H,43,53)(H,44,58)(H,45,57)(H,46,56)(H,59,60)/t17-,18-,19-,20-,21-,22-,23-/m0/s1. The fourth-order valence-electron chi connectivity index (χ4n) is 5.43. The van der Waals surface area contributed by atoms with E-state index in [2.05, 4.69) is 42.5 Å². The Bertz CT molecular complexity index is 1540. The van der Waals surface area contributed by atoms with E-state index in [1.54, 1.807) is 0 Å². The summed E-state index contributed by atoms with van der Waals surface area (Å²) in [5.74, 6) is -10.4. The maximum atomic E-state index is 13.3. The van der Waals surface area contributed by atoms with E-state index in [1.807, 2.05) is 5.32 Å². The maximum absolute atomic E-state index is 13.3. The molecule has 0 aliphatic carbocycles. The Balaban J connectivity index is 2.84. The number of aliphatic carboxylic acids is 1. The highest BCUT2D eigenvalue weighted by molar-refractivity contribution is 5.97. The number of carbonyl (C=O) groups excluding carboxylic acids is 10. The first-order valence-electron chi connectivity index (χ1n) is 19.1. The van der Waals surface area contributed by atoms with E-state index in [0.717, 1.165) is 6.42 Å². The van der Waals surface area contributed by atoms with Gasteiger partial charge in [0.15, 0.2) is 0 Å². The first kappa shape index (κ1) is 52.0. The van der Waals surface area contributed by atoms with Crippen LogP contribution in [-0.4, -0.2) is 162 Å². The van der Waals surface area contributed by atoms with Crippen LogP contribution in [0.1, 0.15) is 64.7 Å². The van der Waals surface area contributed by atoms with E-state index in [1.165, 1.54) is 6.92 Å². The summed E-state index contributed by atoms with van der Waals surface area (Å²) in [5.41, 5.74) is 15.8. The summed E-state index contributed by atoms with van der Waals surface area (Å²) >= 11 is 0. The van der Waals surface area contributed by atoms with Crippen molar-refractivity contribution < 1.29 is 68.1 Å². The van der Waals surface area contributed by atoms with Crippen molar-refractivity contribution >= 4 is 65.0 Å². The maximum Gasteiger partial charge on any atom is 0.326 e. The van der Waals surface area contributed by atoms with Gasteiger partial charge in [-0.15, -0.1) is 0 Å². The quantitative estimate of drug-likeness (QED) is 0.0311. The van der Waals surface area contributed by atoms with Crippen molar-refractivity contribution in [2.24, 2.45) is 17.2 Å². The smallest absolute Gasteiger partial charge is 0.326 e. The van der Waals surface area contributed by atoms with E-state index >= 15 is 0 Å². The lowest BCUT2D eigenvalue weighted by Crippen LogP contribution is -2.59. The van der Waals surface area contributed by atoms with E-state index in [9.17, 15) is 68.1 Å². The fourth-order valence-corrected chi connectivity index (χ4v) is 5.43. The second-order valence-corrected chi connectivity index (χ2v) is 13.7. The monoisotopic (exact) mass is 858 g/mol. The van der Waals surface area contributed by atoms with Gasteiger partial charge >= 0.3 is 5.97 Å². The predicted molar refractivity (Wildman–Crippen MR) is 206 cm³/mol. The number of primary amides is 2. The molecule has 0 bridgehead atoms. The molecule has 0 radical (unpaired) electrons. The molecule has 18 N–H and O–H groups in total. The molecule has 1 aliphatic rings. The molecule has 60 heavy (non-hydrogen) atoms. The molecule has 26 heteroatoms. The van der Waals surface area contributed by atoms with E-state index in [-0.39, 0.29) is 31.7 Å². The molecule has 7 atom stereocenters. The SMILES string of the molecule is C[C@H](NC(=O)[C@@H]1CCCN1)C(=O)N[C@@H](CCCCN)C(=O)N[C@@H](CO)C(=O)N[C@@H](CCC(N)=O)C(=O)NCC(=O)NCC(=O)N[C@@H](CO)C(=O)N[C@@H](CCC(N)=O)C(=O)O. The van der Waals surface area contributed by atoms with Crippen LogP contribution in [0.25, 0.3) is 0 Å². The fraction of sp³-hybridized carbons (Fsp3) is 0.676. The number of rotatable bonds is 29. The first-order valence-corrected chi connectivity index (χ1v) is 19.1. The van der Waals surface area contributed by atoms with Crippen LogP contribution < -0.4 is 65.1 Å². The summed E-state index contributed by atoms with van der Waals surface area (Å²) < 4.78 is 0. The molecule has 1 rings (SSSR count).